The molecule has 0 spiro atoms. The molecule has 7 heteroatoms. The molecule has 1 N–H and O–H groups in total. The van der Waals surface area contributed by atoms with Gasteiger partial charge in [-0.3, -0.25) is 14.9 Å². The highest BCUT2D eigenvalue weighted by molar-refractivity contribution is 8.18. The fraction of sp³-hybridized carbons (Fsp3) is 0.217. The van der Waals surface area contributed by atoms with Gasteiger partial charge >= 0.3 is 0 Å². The van der Waals surface area contributed by atoms with Crippen molar-refractivity contribution in [3.8, 4) is 11.3 Å². The second kappa shape index (κ2) is 8.77. The zero-order chi connectivity index (χ0) is 21.1. The summed E-state index contributed by atoms with van der Waals surface area (Å²) in [7, 11) is 4.17. The number of nitrogens with one attached hydrogen (secondary N) is 1. The lowest BCUT2D eigenvalue weighted by Crippen LogP contribution is -2.17. The van der Waals surface area contributed by atoms with Gasteiger partial charge in [0.25, 0.3) is 11.1 Å². The van der Waals surface area contributed by atoms with Gasteiger partial charge in [-0.2, -0.15) is 0 Å². The first-order chi connectivity index (χ1) is 14.5. The van der Waals surface area contributed by atoms with E-state index < -0.39 is 0 Å². The van der Waals surface area contributed by atoms with Gasteiger partial charge in [0.15, 0.2) is 0 Å². The number of imide groups is 1. The molecule has 3 aromatic rings. The van der Waals surface area contributed by atoms with Gasteiger partial charge in [0.2, 0.25) is 0 Å². The molecule has 1 aliphatic rings. The van der Waals surface area contributed by atoms with Gasteiger partial charge in [-0.05, 0) is 74.6 Å². The fourth-order valence-corrected chi connectivity index (χ4v) is 4.08. The Balaban J connectivity index is 1.63. The Bertz CT molecular complexity index is 1140. The second-order valence-electron chi connectivity index (χ2n) is 7.45. The zero-order valence-corrected chi connectivity index (χ0v) is 17.7. The van der Waals surface area contributed by atoms with E-state index in [4.69, 9.17) is 0 Å². The summed E-state index contributed by atoms with van der Waals surface area (Å²) in [6.07, 6.45) is 5.45. The summed E-state index contributed by atoms with van der Waals surface area (Å²) >= 11 is 0.911. The van der Waals surface area contributed by atoms with Crippen LogP contribution in [-0.4, -0.2) is 46.7 Å². The number of aromatic nitrogens is 2. The van der Waals surface area contributed by atoms with Crippen LogP contribution >= 0.6 is 11.8 Å². The normalized spacial score (nSPS) is 15.4. The topological polar surface area (TPSA) is 75.2 Å². The second-order valence-corrected chi connectivity index (χ2v) is 8.47. The van der Waals surface area contributed by atoms with E-state index in [-0.39, 0.29) is 11.1 Å². The van der Waals surface area contributed by atoms with Gasteiger partial charge in [0.1, 0.15) is 6.33 Å². The van der Waals surface area contributed by atoms with Crippen molar-refractivity contribution in [3.05, 3.63) is 64.8 Å². The van der Waals surface area contributed by atoms with E-state index in [1.807, 2.05) is 18.2 Å². The van der Waals surface area contributed by atoms with E-state index in [1.165, 1.54) is 5.56 Å². The number of thioether (sulfide) groups is 1. The zero-order valence-electron chi connectivity index (χ0n) is 16.9. The average molecular weight is 419 g/mol. The summed E-state index contributed by atoms with van der Waals surface area (Å²) in [6, 6.07) is 14.2. The lowest BCUT2D eigenvalue weighted by Gasteiger charge is -2.10. The lowest BCUT2D eigenvalue weighted by atomic mass is 10.0. The molecule has 0 unspecified atom stereocenters. The third-order valence-corrected chi connectivity index (χ3v) is 5.71. The van der Waals surface area contributed by atoms with E-state index in [9.17, 15) is 9.59 Å². The first-order valence-electron chi connectivity index (χ1n) is 9.73. The number of rotatable bonds is 6. The first kappa shape index (κ1) is 20.3. The Labute approximate surface area is 179 Å². The standard InChI is InChI=1S/C23H22N4O2S/c1-27(2)11-3-4-15-5-8-17(9-6-15)21-18-12-16(7-10-19(18)24-14-25-21)13-20-22(28)26-23(29)30-20/h5-10,12-14H,3-4,11H2,1-2H3,(H,26,28,29). The molecule has 30 heavy (non-hydrogen) atoms. The van der Waals surface area contributed by atoms with Crippen LogP contribution in [0.15, 0.2) is 53.7 Å². The van der Waals surface area contributed by atoms with E-state index >= 15 is 0 Å². The molecule has 6 nitrogen and oxygen atoms in total. The Morgan fingerprint density at radius 2 is 1.87 bits per heavy atom. The number of carbonyl (C=O) groups is 2. The van der Waals surface area contributed by atoms with Crippen molar-refractivity contribution in [1.82, 2.24) is 20.2 Å². The Morgan fingerprint density at radius 3 is 2.57 bits per heavy atom. The minimum absolute atomic E-state index is 0.346. The summed E-state index contributed by atoms with van der Waals surface area (Å²) < 4.78 is 0. The van der Waals surface area contributed by atoms with Crippen LogP contribution in [0.1, 0.15) is 17.5 Å². The fourth-order valence-electron chi connectivity index (χ4n) is 3.40. The number of hydrogen-bond acceptors (Lipinski definition) is 6. The van der Waals surface area contributed by atoms with Crippen molar-refractivity contribution in [1.29, 1.82) is 0 Å². The van der Waals surface area contributed by atoms with Crippen molar-refractivity contribution < 1.29 is 9.59 Å². The molecule has 4 rings (SSSR count). The molecule has 2 heterocycles. The van der Waals surface area contributed by atoms with Crippen LogP contribution in [0.25, 0.3) is 28.2 Å². The summed E-state index contributed by atoms with van der Waals surface area (Å²) in [6.45, 7) is 1.07. The van der Waals surface area contributed by atoms with Gasteiger partial charge < -0.3 is 4.90 Å². The van der Waals surface area contributed by atoms with Gasteiger partial charge in [0.05, 0.1) is 16.1 Å². The Hall–Kier alpha value is -3.03. The van der Waals surface area contributed by atoms with Crippen LogP contribution in [0.4, 0.5) is 4.79 Å². The molecule has 1 saturated heterocycles. The molecular formula is C23H22N4O2S. The molecule has 0 radical (unpaired) electrons. The minimum Gasteiger partial charge on any atom is -0.309 e. The number of benzene rings is 2. The molecule has 2 amide bonds. The molecule has 2 aromatic carbocycles. The smallest absolute Gasteiger partial charge is 0.290 e. The summed E-state index contributed by atoms with van der Waals surface area (Å²) in [5, 5.41) is 2.84. The first-order valence-corrected chi connectivity index (χ1v) is 10.5. The highest BCUT2D eigenvalue weighted by atomic mass is 32.2. The van der Waals surface area contributed by atoms with Crippen LogP contribution < -0.4 is 5.32 Å². The van der Waals surface area contributed by atoms with E-state index in [0.29, 0.717) is 4.91 Å². The molecule has 152 valence electrons. The molecule has 1 aliphatic heterocycles. The third kappa shape index (κ3) is 4.58. The molecule has 1 fully saturated rings. The predicted molar refractivity (Wildman–Crippen MR) is 121 cm³/mol. The van der Waals surface area contributed by atoms with E-state index in [1.54, 1.807) is 12.4 Å². The van der Waals surface area contributed by atoms with Gasteiger partial charge in [-0.1, -0.05) is 30.3 Å². The quantitative estimate of drug-likeness (QED) is 0.607. The largest absolute Gasteiger partial charge is 0.309 e. The molecule has 0 atom stereocenters. The minimum atomic E-state index is -0.362. The molecular weight excluding hydrogens is 396 g/mol. The van der Waals surface area contributed by atoms with Crippen LogP contribution in [0, 0.1) is 0 Å². The number of hydrogen-bond donors (Lipinski definition) is 1. The molecule has 1 aromatic heterocycles. The van der Waals surface area contributed by atoms with E-state index in [2.05, 4.69) is 58.5 Å². The maximum absolute atomic E-state index is 11.8. The summed E-state index contributed by atoms with van der Waals surface area (Å²) in [5.74, 6) is -0.362. The maximum Gasteiger partial charge on any atom is 0.290 e. The van der Waals surface area contributed by atoms with Crippen molar-refractivity contribution in [2.45, 2.75) is 12.8 Å². The number of amides is 2. The molecule has 0 aliphatic carbocycles. The van der Waals surface area contributed by atoms with Gasteiger partial charge in [0, 0.05) is 10.9 Å². The van der Waals surface area contributed by atoms with Crippen molar-refractivity contribution in [2.24, 2.45) is 0 Å². The number of fused-ring (bicyclic) bond motifs is 1. The molecule has 0 saturated carbocycles. The summed E-state index contributed by atoms with van der Waals surface area (Å²) in [4.78, 5) is 34.7. The third-order valence-electron chi connectivity index (χ3n) is 4.90. The van der Waals surface area contributed by atoms with Crippen LogP contribution in [0.2, 0.25) is 0 Å². The monoisotopic (exact) mass is 418 g/mol. The van der Waals surface area contributed by atoms with Crippen LogP contribution in [0.5, 0.6) is 0 Å². The Morgan fingerprint density at radius 1 is 1.07 bits per heavy atom. The number of nitrogens with zero attached hydrogens (tertiary/aromatic N) is 3. The van der Waals surface area contributed by atoms with Crippen LogP contribution in [0.3, 0.4) is 0 Å². The average Bonchev–Trinajstić information content (AvgIpc) is 3.04. The predicted octanol–water partition coefficient (Wildman–Crippen LogP) is 4.11. The highest BCUT2D eigenvalue weighted by Gasteiger charge is 2.25. The maximum atomic E-state index is 11.8. The number of aryl methyl sites for hydroxylation is 1. The highest BCUT2D eigenvalue weighted by Crippen LogP contribution is 2.29. The van der Waals surface area contributed by atoms with E-state index in [0.717, 1.165) is 58.9 Å². The summed E-state index contributed by atoms with van der Waals surface area (Å²) in [5.41, 5.74) is 4.83. The lowest BCUT2D eigenvalue weighted by molar-refractivity contribution is -0.115. The van der Waals surface area contributed by atoms with Crippen molar-refractivity contribution in [3.63, 3.8) is 0 Å². The van der Waals surface area contributed by atoms with Gasteiger partial charge in [-0.15, -0.1) is 0 Å². The number of carbonyl (C=O) groups excluding carboxylic acids is 2. The van der Waals surface area contributed by atoms with Crippen molar-refractivity contribution >= 4 is 39.9 Å². The van der Waals surface area contributed by atoms with Crippen LogP contribution in [-0.2, 0) is 11.2 Å². The van der Waals surface area contributed by atoms with Crippen molar-refractivity contribution in [2.75, 3.05) is 20.6 Å². The molecule has 0 bridgehead atoms. The SMILES string of the molecule is CN(C)CCCc1ccc(-c2ncnc3ccc(C=C4SC(=O)NC4=O)cc23)cc1. The Kier molecular flexibility index (Phi) is 5.92. The van der Waals surface area contributed by atoms with Gasteiger partial charge in [-0.25, -0.2) is 9.97 Å².